The minimum absolute atomic E-state index is 0.0922. The maximum atomic E-state index is 12.8. The highest BCUT2D eigenvalue weighted by molar-refractivity contribution is 7.89. The molecule has 0 spiro atoms. The van der Waals surface area contributed by atoms with E-state index in [-0.39, 0.29) is 29.0 Å². The van der Waals surface area contributed by atoms with E-state index < -0.39 is 10.0 Å². The summed E-state index contributed by atoms with van der Waals surface area (Å²) in [5.41, 5.74) is 0.555. The number of sulfonamides is 1. The van der Waals surface area contributed by atoms with E-state index in [2.05, 4.69) is 19.2 Å². The lowest BCUT2D eigenvalue weighted by atomic mass is 9.83. The third kappa shape index (κ3) is 4.63. The highest BCUT2D eigenvalue weighted by Gasteiger charge is 2.39. The van der Waals surface area contributed by atoms with Gasteiger partial charge in [-0.1, -0.05) is 43.6 Å². The molecular weight excluding hydrogens is 424 g/mol. The van der Waals surface area contributed by atoms with Crippen molar-refractivity contribution < 1.29 is 17.9 Å². The molecule has 1 heterocycles. The molecule has 0 saturated heterocycles. The molecule has 1 aliphatic heterocycles. The van der Waals surface area contributed by atoms with E-state index in [9.17, 15) is 13.2 Å². The molecule has 1 aliphatic rings. The average molecular weight is 451 g/mol. The lowest BCUT2D eigenvalue weighted by Gasteiger charge is -2.41. The van der Waals surface area contributed by atoms with E-state index in [4.69, 9.17) is 16.3 Å². The molecule has 0 aromatic heterocycles. The minimum atomic E-state index is -3.80. The number of fused-ring (bicyclic) bond motifs is 1. The van der Waals surface area contributed by atoms with Gasteiger partial charge >= 0.3 is 0 Å². The zero-order chi connectivity index (χ0) is 21.9. The monoisotopic (exact) mass is 450 g/mol. The van der Waals surface area contributed by atoms with Crippen molar-refractivity contribution in [3.8, 4) is 5.75 Å². The minimum Gasteiger partial charge on any atom is -0.487 e. The van der Waals surface area contributed by atoms with Crippen LogP contribution >= 0.6 is 11.6 Å². The normalized spacial score (nSPS) is 17.8. The van der Waals surface area contributed by atoms with Crippen LogP contribution in [0.15, 0.2) is 53.4 Å². The number of benzene rings is 2. The van der Waals surface area contributed by atoms with Crippen LogP contribution in [0, 0.1) is 0 Å². The van der Waals surface area contributed by atoms with E-state index >= 15 is 0 Å². The van der Waals surface area contributed by atoms with Crippen LogP contribution in [0.1, 0.15) is 44.7 Å². The van der Waals surface area contributed by atoms with Crippen LogP contribution in [0.25, 0.3) is 0 Å². The van der Waals surface area contributed by atoms with Gasteiger partial charge in [-0.25, -0.2) is 8.42 Å². The number of hydrogen-bond acceptors (Lipinski definition) is 4. The summed E-state index contributed by atoms with van der Waals surface area (Å²) in [5, 5.41) is 3.46. The fourth-order valence-electron chi connectivity index (χ4n) is 3.74. The molecule has 1 N–H and O–H groups in total. The number of carbonyl (C=O) groups excluding carboxylic acids is 1. The number of amides is 1. The van der Waals surface area contributed by atoms with E-state index in [1.54, 1.807) is 0 Å². The predicted octanol–water partition coefficient (Wildman–Crippen LogP) is 4.16. The van der Waals surface area contributed by atoms with Gasteiger partial charge in [0.25, 0.3) is 0 Å². The number of para-hydroxylation sites is 1. The Morgan fingerprint density at radius 1 is 1.17 bits per heavy atom. The van der Waals surface area contributed by atoms with E-state index in [0.29, 0.717) is 11.4 Å². The molecule has 0 bridgehead atoms. The quantitative estimate of drug-likeness (QED) is 0.687. The summed E-state index contributed by atoms with van der Waals surface area (Å²) < 4.78 is 32.8. The molecule has 2 aromatic rings. The van der Waals surface area contributed by atoms with Crippen LogP contribution in [0.4, 0.5) is 0 Å². The molecule has 3 rings (SSSR count). The summed E-state index contributed by atoms with van der Waals surface area (Å²) in [5.74, 6) is 0.401. The van der Waals surface area contributed by atoms with Gasteiger partial charge < -0.3 is 10.1 Å². The highest BCUT2D eigenvalue weighted by atomic mass is 35.5. The zero-order valence-corrected chi connectivity index (χ0v) is 19.0. The molecule has 162 valence electrons. The molecule has 8 heteroatoms. The Labute approximate surface area is 183 Å². The van der Waals surface area contributed by atoms with Crippen molar-refractivity contribution in [3.63, 3.8) is 0 Å². The molecule has 0 fully saturated rings. The van der Waals surface area contributed by atoms with Crippen LogP contribution < -0.4 is 10.1 Å². The molecule has 1 atom stereocenters. The summed E-state index contributed by atoms with van der Waals surface area (Å²) in [6.07, 6.45) is 2.26. The molecule has 0 aliphatic carbocycles. The molecule has 1 amide bonds. The Bertz CT molecular complexity index is 1000. The second kappa shape index (κ2) is 8.96. The van der Waals surface area contributed by atoms with E-state index in [1.807, 2.05) is 24.3 Å². The van der Waals surface area contributed by atoms with Crippen molar-refractivity contribution in [2.24, 2.45) is 0 Å². The third-order valence-electron chi connectivity index (χ3n) is 5.71. The summed E-state index contributed by atoms with van der Waals surface area (Å²) in [6, 6.07) is 13.3. The van der Waals surface area contributed by atoms with Gasteiger partial charge in [-0.05, 0) is 43.2 Å². The van der Waals surface area contributed by atoms with Crippen molar-refractivity contribution in [1.82, 2.24) is 9.62 Å². The van der Waals surface area contributed by atoms with Crippen molar-refractivity contribution in [1.29, 1.82) is 0 Å². The number of halogens is 1. The number of hydrogen-bond donors (Lipinski definition) is 1. The second-order valence-corrected chi connectivity index (χ2v) is 10.1. The molecule has 2 aromatic carbocycles. The number of rotatable bonds is 7. The Morgan fingerprint density at radius 2 is 1.80 bits per heavy atom. The number of ether oxygens (including phenoxy) is 1. The number of nitrogens with zero attached hydrogens (tertiary/aromatic N) is 1. The Balaban J connectivity index is 1.76. The first-order valence-electron chi connectivity index (χ1n) is 10.00. The maximum Gasteiger partial charge on any atom is 0.243 e. The lowest BCUT2D eigenvalue weighted by Crippen LogP contribution is -2.46. The first-order chi connectivity index (χ1) is 14.2. The average Bonchev–Trinajstić information content (AvgIpc) is 2.73. The maximum absolute atomic E-state index is 12.8. The van der Waals surface area contributed by atoms with Gasteiger partial charge in [0, 0.05) is 24.1 Å². The first kappa shape index (κ1) is 22.6. The highest BCUT2D eigenvalue weighted by Crippen LogP contribution is 2.42. The summed E-state index contributed by atoms with van der Waals surface area (Å²) in [6.45, 7) is 3.86. The van der Waals surface area contributed by atoms with Crippen molar-refractivity contribution in [2.75, 3.05) is 13.6 Å². The van der Waals surface area contributed by atoms with Gasteiger partial charge in [-0.3, -0.25) is 4.79 Å². The van der Waals surface area contributed by atoms with Crippen LogP contribution in [-0.4, -0.2) is 37.8 Å². The van der Waals surface area contributed by atoms with Gasteiger partial charge in [0.05, 0.1) is 17.5 Å². The van der Waals surface area contributed by atoms with Crippen molar-refractivity contribution >= 4 is 27.5 Å². The van der Waals surface area contributed by atoms with Gasteiger partial charge in [-0.15, -0.1) is 0 Å². The number of carbonyl (C=O) groups is 1. The summed E-state index contributed by atoms with van der Waals surface area (Å²) >= 11 is 5.84. The molecule has 0 radical (unpaired) electrons. The second-order valence-electron chi connectivity index (χ2n) is 7.57. The fourth-order valence-corrected chi connectivity index (χ4v) is 5.00. The molecule has 30 heavy (non-hydrogen) atoms. The molecule has 6 nitrogen and oxygen atoms in total. The van der Waals surface area contributed by atoms with Gasteiger partial charge in [0.2, 0.25) is 15.9 Å². The van der Waals surface area contributed by atoms with Crippen LogP contribution in [0.2, 0.25) is 5.02 Å². The van der Waals surface area contributed by atoms with Crippen LogP contribution in [0.5, 0.6) is 5.75 Å². The van der Waals surface area contributed by atoms with Crippen molar-refractivity contribution in [2.45, 2.75) is 49.6 Å². The van der Waals surface area contributed by atoms with E-state index in [1.165, 1.54) is 31.3 Å². The molecular formula is C22H27ClN2O4S. The van der Waals surface area contributed by atoms with Gasteiger partial charge in [0.1, 0.15) is 11.4 Å². The smallest absolute Gasteiger partial charge is 0.243 e. The van der Waals surface area contributed by atoms with Gasteiger partial charge in [-0.2, -0.15) is 4.31 Å². The van der Waals surface area contributed by atoms with Crippen LogP contribution in [-0.2, 0) is 14.8 Å². The van der Waals surface area contributed by atoms with Crippen LogP contribution in [0.3, 0.4) is 0 Å². The number of nitrogens with one attached hydrogen (secondary N) is 1. The Kier molecular flexibility index (Phi) is 6.75. The summed E-state index contributed by atoms with van der Waals surface area (Å²) in [7, 11) is -2.40. The first-order valence-corrected chi connectivity index (χ1v) is 11.8. The SMILES string of the molecule is CCC1(CC)CC(NC(=O)CN(C)S(=O)(=O)c2ccc(Cl)cc2)c2ccccc2O1. The Morgan fingerprint density at radius 3 is 2.43 bits per heavy atom. The predicted molar refractivity (Wildman–Crippen MR) is 117 cm³/mol. The number of likely N-dealkylation sites (N-methyl/N-ethyl adjacent to an activating group) is 1. The Hall–Kier alpha value is -2.09. The largest absolute Gasteiger partial charge is 0.487 e. The van der Waals surface area contributed by atoms with Crippen molar-refractivity contribution in [3.05, 3.63) is 59.1 Å². The molecule has 0 saturated carbocycles. The fraction of sp³-hybridized carbons (Fsp3) is 0.409. The standard InChI is InChI=1S/C22H27ClN2O4S/c1-4-22(5-2)14-19(18-8-6-7-9-20(18)29-22)24-21(26)15-25(3)30(27,28)17-12-10-16(23)11-13-17/h6-13,19H,4-5,14-15H2,1-3H3,(H,24,26). The van der Waals surface area contributed by atoms with Gasteiger partial charge in [0.15, 0.2) is 0 Å². The topological polar surface area (TPSA) is 75.7 Å². The third-order valence-corrected chi connectivity index (χ3v) is 7.78. The zero-order valence-electron chi connectivity index (χ0n) is 17.4. The lowest BCUT2D eigenvalue weighted by molar-refractivity contribution is -0.122. The molecule has 1 unspecified atom stereocenters. The van der Waals surface area contributed by atoms with E-state index in [0.717, 1.165) is 28.5 Å². The summed E-state index contributed by atoms with van der Waals surface area (Å²) in [4.78, 5) is 12.9.